The summed E-state index contributed by atoms with van der Waals surface area (Å²) in [6.07, 6.45) is 1.85. The second-order valence-corrected chi connectivity index (χ2v) is 7.83. The van der Waals surface area contributed by atoms with Crippen molar-refractivity contribution in [3.05, 3.63) is 83.2 Å². The number of esters is 2. The van der Waals surface area contributed by atoms with Gasteiger partial charge in [0.05, 0.1) is 11.1 Å². The van der Waals surface area contributed by atoms with Crippen LogP contribution in [0.4, 0.5) is 5.95 Å². The van der Waals surface area contributed by atoms with Crippen LogP contribution in [0.3, 0.4) is 0 Å². The van der Waals surface area contributed by atoms with Gasteiger partial charge in [0.25, 0.3) is 0 Å². The highest BCUT2D eigenvalue weighted by Crippen LogP contribution is 2.33. The zero-order valence-electron chi connectivity index (χ0n) is 17.9. The highest BCUT2D eigenvalue weighted by Gasteiger charge is 2.40. The van der Waals surface area contributed by atoms with Crippen molar-refractivity contribution in [2.45, 2.75) is 38.7 Å². The SMILES string of the molecule is Cc1ccc(C(=O)OC[C@H]2O[C@@H](n3ccnc3N)C[C@@H]2OC(=O)c2ccc(C)cc2)cc1. The zero-order chi connectivity index (χ0) is 22.7. The maximum atomic E-state index is 12.7. The summed E-state index contributed by atoms with van der Waals surface area (Å²) < 4.78 is 18.9. The van der Waals surface area contributed by atoms with Crippen LogP contribution in [-0.4, -0.2) is 40.3 Å². The van der Waals surface area contributed by atoms with E-state index in [2.05, 4.69) is 4.98 Å². The molecule has 3 atom stereocenters. The summed E-state index contributed by atoms with van der Waals surface area (Å²) in [5.74, 6) is -0.647. The van der Waals surface area contributed by atoms with Crippen molar-refractivity contribution in [2.24, 2.45) is 0 Å². The Labute approximate surface area is 185 Å². The van der Waals surface area contributed by atoms with Crippen molar-refractivity contribution >= 4 is 17.9 Å². The maximum Gasteiger partial charge on any atom is 0.338 e. The van der Waals surface area contributed by atoms with Gasteiger partial charge in [-0.25, -0.2) is 14.6 Å². The monoisotopic (exact) mass is 435 g/mol. The van der Waals surface area contributed by atoms with Crippen LogP contribution in [0.5, 0.6) is 0 Å². The van der Waals surface area contributed by atoms with E-state index < -0.39 is 30.4 Å². The molecule has 0 unspecified atom stereocenters. The zero-order valence-corrected chi connectivity index (χ0v) is 17.9. The molecule has 2 N–H and O–H groups in total. The molecule has 166 valence electrons. The van der Waals surface area contributed by atoms with Crippen LogP contribution in [0.1, 0.15) is 44.5 Å². The lowest BCUT2D eigenvalue weighted by Crippen LogP contribution is -2.32. The second kappa shape index (κ2) is 9.23. The van der Waals surface area contributed by atoms with Gasteiger partial charge >= 0.3 is 11.9 Å². The number of ether oxygens (including phenoxy) is 3. The van der Waals surface area contributed by atoms with Crippen LogP contribution in [0.25, 0.3) is 0 Å². The molecule has 0 aliphatic carbocycles. The van der Waals surface area contributed by atoms with Gasteiger partial charge < -0.3 is 19.9 Å². The minimum Gasteiger partial charge on any atom is -0.459 e. The molecule has 1 saturated heterocycles. The van der Waals surface area contributed by atoms with Crippen LogP contribution < -0.4 is 5.73 Å². The van der Waals surface area contributed by atoms with E-state index in [-0.39, 0.29) is 12.6 Å². The molecule has 0 bridgehead atoms. The normalized spacial score (nSPS) is 20.1. The molecule has 0 spiro atoms. The highest BCUT2D eigenvalue weighted by molar-refractivity contribution is 5.90. The van der Waals surface area contributed by atoms with Crippen molar-refractivity contribution in [3.8, 4) is 0 Å². The molecule has 8 nitrogen and oxygen atoms in total. The minimum absolute atomic E-state index is 0.0658. The summed E-state index contributed by atoms with van der Waals surface area (Å²) in [4.78, 5) is 29.1. The summed E-state index contributed by atoms with van der Waals surface area (Å²) in [6.45, 7) is 3.82. The fourth-order valence-corrected chi connectivity index (χ4v) is 3.54. The Bertz CT molecular complexity index is 1090. The van der Waals surface area contributed by atoms with Crippen LogP contribution in [0, 0.1) is 13.8 Å². The molecule has 32 heavy (non-hydrogen) atoms. The number of aryl methyl sites for hydroxylation is 2. The number of rotatable bonds is 6. The number of nitrogens with zero attached hydrogens (tertiary/aromatic N) is 2. The average molecular weight is 435 g/mol. The number of hydrogen-bond acceptors (Lipinski definition) is 7. The number of nitrogens with two attached hydrogens (primary N) is 1. The van der Waals surface area contributed by atoms with E-state index in [0.29, 0.717) is 17.5 Å². The van der Waals surface area contributed by atoms with Gasteiger partial charge in [0, 0.05) is 18.8 Å². The van der Waals surface area contributed by atoms with Crippen LogP contribution >= 0.6 is 0 Å². The number of nitrogen functional groups attached to an aromatic ring is 1. The number of imidazole rings is 1. The molecule has 1 aliphatic rings. The molecule has 1 aromatic heterocycles. The largest absolute Gasteiger partial charge is 0.459 e. The van der Waals surface area contributed by atoms with E-state index in [1.807, 2.05) is 38.1 Å². The smallest absolute Gasteiger partial charge is 0.338 e. The molecule has 0 amide bonds. The number of carbonyl (C=O) groups is 2. The van der Waals surface area contributed by atoms with Gasteiger partial charge in [-0.2, -0.15) is 0 Å². The molecule has 0 saturated carbocycles. The Morgan fingerprint density at radius 2 is 1.62 bits per heavy atom. The highest BCUT2D eigenvalue weighted by atomic mass is 16.6. The van der Waals surface area contributed by atoms with Crippen molar-refractivity contribution in [1.82, 2.24) is 9.55 Å². The van der Waals surface area contributed by atoms with Gasteiger partial charge in [-0.3, -0.25) is 4.57 Å². The molecule has 4 rings (SSSR count). The maximum absolute atomic E-state index is 12.7. The number of aromatic nitrogens is 2. The van der Waals surface area contributed by atoms with Gasteiger partial charge in [-0.05, 0) is 38.1 Å². The molecular formula is C24H25N3O5. The van der Waals surface area contributed by atoms with E-state index >= 15 is 0 Å². The van der Waals surface area contributed by atoms with Crippen molar-refractivity contribution in [1.29, 1.82) is 0 Å². The molecule has 8 heteroatoms. The van der Waals surface area contributed by atoms with Crippen LogP contribution in [0.2, 0.25) is 0 Å². The van der Waals surface area contributed by atoms with Gasteiger partial charge in [0.15, 0.2) is 0 Å². The van der Waals surface area contributed by atoms with Crippen molar-refractivity contribution in [3.63, 3.8) is 0 Å². The topological polar surface area (TPSA) is 106 Å². The summed E-state index contributed by atoms with van der Waals surface area (Å²) in [5, 5.41) is 0. The molecule has 2 heterocycles. The van der Waals surface area contributed by atoms with Gasteiger partial charge in [0.1, 0.15) is 25.0 Å². The van der Waals surface area contributed by atoms with E-state index in [4.69, 9.17) is 19.9 Å². The van der Waals surface area contributed by atoms with E-state index in [1.165, 1.54) is 0 Å². The first-order valence-corrected chi connectivity index (χ1v) is 10.4. The molecule has 3 aromatic rings. The van der Waals surface area contributed by atoms with Gasteiger partial charge in [0.2, 0.25) is 5.95 Å². The summed E-state index contributed by atoms with van der Waals surface area (Å²) >= 11 is 0. The predicted molar refractivity (Wildman–Crippen MR) is 117 cm³/mol. The fourth-order valence-electron chi connectivity index (χ4n) is 3.54. The lowest BCUT2D eigenvalue weighted by Gasteiger charge is -2.19. The van der Waals surface area contributed by atoms with Crippen LogP contribution in [0.15, 0.2) is 60.9 Å². The molecule has 0 radical (unpaired) electrons. The third-order valence-corrected chi connectivity index (χ3v) is 5.40. The number of hydrogen-bond donors (Lipinski definition) is 1. The molecule has 2 aromatic carbocycles. The minimum atomic E-state index is -0.648. The summed E-state index contributed by atoms with van der Waals surface area (Å²) in [5.41, 5.74) is 8.88. The number of benzene rings is 2. The Kier molecular flexibility index (Phi) is 6.23. The Morgan fingerprint density at radius 1 is 1.03 bits per heavy atom. The first-order chi connectivity index (χ1) is 15.4. The standard InChI is InChI=1S/C24H25N3O5/c1-15-3-7-17(8-4-15)22(28)30-14-20-19(13-21(31-20)27-12-11-26-24(27)25)32-23(29)18-9-5-16(2)6-10-18/h3-12,19-21H,13-14H2,1-2H3,(H2,25,26)/t19-,20+,21+/m0/s1. The Morgan fingerprint density at radius 3 is 2.19 bits per heavy atom. The summed E-state index contributed by atoms with van der Waals surface area (Å²) in [6, 6.07) is 14.2. The predicted octanol–water partition coefficient (Wildman–Crippen LogP) is 3.45. The Hall–Kier alpha value is -3.65. The quantitative estimate of drug-likeness (QED) is 0.591. The third-order valence-electron chi connectivity index (χ3n) is 5.40. The lowest BCUT2D eigenvalue weighted by molar-refractivity contribution is -0.0566. The van der Waals surface area contributed by atoms with Crippen molar-refractivity contribution in [2.75, 3.05) is 12.3 Å². The van der Waals surface area contributed by atoms with Gasteiger partial charge in [-0.15, -0.1) is 0 Å². The first-order valence-electron chi connectivity index (χ1n) is 10.4. The molecule has 1 fully saturated rings. The number of carbonyl (C=O) groups excluding carboxylic acids is 2. The third kappa shape index (κ3) is 4.81. The van der Waals surface area contributed by atoms with E-state index in [0.717, 1.165) is 11.1 Å². The lowest BCUT2D eigenvalue weighted by atomic mass is 10.1. The fraction of sp³-hybridized carbons (Fsp3) is 0.292. The van der Waals surface area contributed by atoms with E-state index in [9.17, 15) is 9.59 Å². The average Bonchev–Trinajstić information content (AvgIpc) is 3.38. The van der Waals surface area contributed by atoms with E-state index in [1.54, 1.807) is 41.2 Å². The summed E-state index contributed by atoms with van der Waals surface area (Å²) in [7, 11) is 0. The van der Waals surface area contributed by atoms with Crippen LogP contribution in [-0.2, 0) is 14.2 Å². The molecule has 1 aliphatic heterocycles. The molecular weight excluding hydrogens is 410 g/mol. The Balaban J connectivity index is 1.46. The van der Waals surface area contributed by atoms with Gasteiger partial charge in [-0.1, -0.05) is 35.4 Å². The second-order valence-electron chi connectivity index (χ2n) is 7.83. The van der Waals surface area contributed by atoms with Crippen molar-refractivity contribution < 1.29 is 23.8 Å². The number of anilines is 1. The first kappa shape index (κ1) is 21.6.